The van der Waals surface area contributed by atoms with E-state index in [1.54, 1.807) is 6.92 Å². The highest BCUT2D eigenvalue weighted by Crippen LogP contribution is 2.29. The first kappa shape index (κ1) is 12.7. The quantitative estimate of drug-likeness (QED) is 0.828. The fraction of sp³-hybridized carbons (Fsp3) is 0.667. The van der Waals surface area contributed by atoms with Crippen molar-refractivity contribution in [2.24, 2.45) is 0 Å². The van der Waals surface area contributed by atoms with Crippen molar-refractivity contribution in [1.29, 1.82) is 0 Å². The van der Waals surface area contributed by atoms with Crippen LogP contribution in [0.4, 0.5) is 0 Å². The normalized spacial score (nSPS) is 14.2. The van der Waals surface area contributed by atoms with E-state index in [1.165, 1.54) is 9.75 Å². The molecule has 0 saturated carbocycles. The predicted octanol–water partition coefficient (Wildman–Crippen LogP) is 2.52. The van der Waals surface area contributed by atoms with Gasteiger partial charge < -0.3 is 10.4 Å². The maximum absolute atomic E-state index is 9.11. The lowest BCUT2D eigenvalue weighted by Crippen LogP contribution is -2.23. The maximum atomic E-state index is 9.11. The molecule has 2 N–H and O–H groups in total. The Bertz CT molecular complexity index is 299. The smallest absolute Gasteiger partial charge is 0.0636 e. The number of rotatable bonds is 4. The summed E-state index contributed by atoms with van der Waals surface area (Å²) < 4.78 is 0. The summed E-state index contributed by atoms with van der Waals surface area (Å²) in [5.74, 6) is 0. The topological polar surface area (TPSA) is 32.3 Å². The van der Waals surface area contributed by atoms with Crippen molar-refractivity contribution in [1.82, 2.24) is 5.32 Å². The summed E-state index contributed by atoms with van der Waals surface area (Å²) in [4.78, 5) is 2.75. The SMILES string of the molecule is CC(O)CNCc1ccc(C(C)(C)C)s1. The van der Waals surface area contributed by atoms with Crippen LogP contribution in [-0.2, 0) is 12.0 Å². The van der Waals surface area contributed by atoms with Crippen molar-refractivity contribution in [2.45, 2.75) is 45.8 Å². The lowest BCUT2D eigenvalue weighted by molar-refractivity contribution is 0.191. The molecule has 2 nitrogen and oxygen atoms in total. The molecule has 1 heterocycles. The van der Waals surface area contributed by atoms with Crippen molar-refractivity contribution in [3.05, 3.63) is 21.9 Å². The molecule has 0 bridgehead atoms. The van der Waals surface area contributed by atoms with Crippen LogP contribution < -0.4 is 5.32 Å². The predicted molar refractivity (Wildman–Crippen MR) is 66.4 cm³/mol. The Morgan fingerprint density at radius 2 is 2.07 bits per heavy atom. The Morgan fingerprint density at radius 3 is 2.53 bits per heavy atom. The summed E-state index contributed by atoms with van der Waals surface area (Å²) in [5, 5.41) is 12.3. The monoisotopic (exact) mass is 227 g/mol. The van der Waals surface area contributed by atoms with E-state index in [9.17, 15) is 0 Å². The van der Waals surface area contributed by atoms with Gasteiger partial charge in [0, 0.05) is 22.8 Å². The molecule has 0 aliphatic rings. The molecule has 1 aromatic rings. The zero-order chi connectivity index (χ0) is 11.5. The first-order valence-electron chi connectivity index (χ1n) is 5.37. The van der Waals surface area contributed by atoms with Gasteiger partial charge in [0.25, 0.3) is 0 Å². The van der Waals surface area contributed by atoms with E-state index in [0.717, 1.165) is 6.54 Å². The van der Waals surface area contributed by atoms with Gasteiger partial charge in [-0.25, -0.2) is 0 Å². The first-order chi connectivity index (χ1) is 6.89. The van der Waals surface area contributed by atoms with Gasteiger partial charge in [0.1, 0.15) is 0 Å². The second-order valence-corrected chi connectivity index (χ2v) is 6.16. The third kappa shape index (κ3) is 4.33. The molecule has 0 saturated heterocycles. The van der Waals surface area contributed by atoms with Crippen LogP contribution in [0, 0.1) is 0 Å². The van der Waals surface area contributed by atoms with Gasteiger partial charge in [0.05, 0.1) is 6.10 Å². The largest absolute Gasteiger partial charge is 0.392 e. The lowest BCUT2D eigenvalue weighted by atomic mass is 9.95. The van der Waals surface area contributed by atoms with Crippen LogP contribution >= 0.6 is 11.3 Å². The standard InChI is InChI=1S/C12H21NOS/c1-9(14)7-13-8-10-5-6-11(15-10)12(2,3)4/h5-6,9,13-14H,7-8H2,1-4H3. The van der Waals surface area contributed by atoms with Crippen LogP contribution in [0.1, 0.15) is 37.4 Å². The molecule has 1 unspecified atom stereocenters. The number of hydrogen-bond donors (Lipinski definition) is 2. The molecule has 15 heavy (non-hydrogen) atoms. The van der Waals surface area contributed by atoms with Gasteiger partial charge >= 0.3 is 0 Å². The molecule has 0 aliphatic heterocycles. The van der Waals surface area contributed by atoms with Gasteiger partial charge in [-0.05, 0) is 24.5 Å². The highest BCUT2D eigenvalue weighted by atomic mass is 32.1. The second kappa shape index (κ2) is 5.10. The summed E-state index contributed by atoms with van der Waals surface area (Å²) in [5.41, 5.74) is 0.243. The molecule has 1 rings (SSSR count). The van der Waals surface area contributed by atoms with Crippen LogP contribution in [-0.4, -0.2) is 17.8 Å². The molecule has 0 aliphatic carbocycles. The van der Waals surface area contributed by atoms with E-state index in [-0.39, 0.29) is 11.5 Å². The minimum Gasteiger partial charge on any atom is -0.392 e. The Hall–Kier alpha value is -0.380. The van der Waals surface area contributed by atoms with Crippen LogP contribution in [0.15, 0.2) is 12.1 Å². The first-order valence-corrected chi connectivity index (χ1v) is 6.19. The van der Waals surface area contributed by atoms with E-state index in [0.29, 0.717) is 6.54 Å². The van der Waals surface area contributed by atoms with Crippen molar-refractivity contribution >= 4 is 11.3 Å². The molecule has 0 amide bonds. The average Bonchev–Trinajstić information content (AvgIpc) is 2.51. The maximum Gasteiger partial charge on any atom is 0.0636 e. The highest BCUT2D eigenvalue weighted by Gasteiger charge is 2.15. The third-order valence-corrected chi connectivity index (χ3v) is 3.65. The third-order valence-electron chi connectivity index (χ3n) is 2.14. The van der Waals surface area contributed by atoms with E-state index in [2.05, 4.69) is 38.2 Å². The van der Waals surface area contributed by atoms with Gasteiger partial charge in [-0.1, -0.05) is 20.8 Å². The van der Waals surface area contributed by atoms with Crippen LogP contribution in [0.3, 0.4) is 0 Å². The number of hydrogen-bond acceptors (Lipinski definition) is 3. The summed E-state index contributed by atoms with van der Waals surface area (Å²) in [6, 6.07) is 4.37. The van der Waals surface area contributed by atoms with Crippen molar-refractivity contribution in [3.8, 4) is 0 Å². The molecule has 0 spiro atoms. The van der Waals surface area contributed by atoms with Gasteiger partial charge in [-0.15, -0.1) is 11.3 Å². The van der Waals surface area contributed by atoms with E-state index >= 15 is 0 Å². The van der Waals surface area contributed by atoms with E-state index < -0.39 is 0 Å². The summed E-state index contributed by atoms with van der Waals surface area (Å²) in [6.45, 7) is 9.99. The number of aliphatic hydroxyl groups excluding tert-OH is 1. The van der Waals surface area contributed by atoms with Gasteiger partial charge in [0.2, 0.25) is 0 Å². The molecule has 86 valence electrons. The van der Waals surface area contributed by atoms with Gasteiger partial charge in [-0.3, -0.25) is 0 Å². The van der Waals surface area contributed by atoms with Crippen molar-refractivity contribution in [3.63, 3.8) is 0 Å². The zero-order valence-corrected chi connectivity index (χ0v) is 10.8. The van der Waals surface area contributed by atoms with Gasteiger partial charge in [0.15, 0.2) is 0 Å². The molecular weight excluding hydrogens is 206 g/mol. The summed E-state index contributed by atoms with van der Waals surface area (Å²) >= 11 is 1.85. The fourth-order valence-corrected chi connectivity index (χ4v) is 2.32. The van der Waals surface area contributed by atoms with E-state index in [1.807, 2.05) is 11.3 Å². The van der Waals surface area contributed by atoms with Crippen molar-refractivity contribution in [2.75, 3.05) is 6.54 Å². The molecule has 1 aromatic heterocycles. The molecular formula is C12H21NOS. The average molecular weight is 227 g/mol. The van der Waals surface area contributed by atoms with Crippen LogP contribution in [0.2, 0.25) is 0 Å². The Balaban J connectivity index is 2.47. The molecule has 3 heteroatoms. The zero-order valence-electron chi connectivity index (χ0n) is 10.0. The Labute approximate surface area is 96.3 Å². The van der Waals surface area contributed by atoms with E-state index in [4.69, 9.17) is 5.11 Å². The van der Waals surface area contributed by atoms with Crippen LogP contribution in [0.5, 0.6) is 0 Å². The molecule has 0 fully saturated rings. The van der Waals surface area contributed by atoms with Crippen LogP contribution in [0.25, 0.3) is 0 Å². The molecule has 0 radical (unpaired) electrons. The van der Waals surface area contributed by atoms with Gasteiger partial charge in [-0.2, -0.15) is 0 Å². The summed E-state index contributed by atoms with van der Waals surface area (Å²) in [6.07, 6.45) is -0.271. The Kier molecular flexibility index (Phi) is 4.32. The minimum atomic E-state index is -0.271. The lowest BCUT2D eigenvalue weighted by Gasteiger charge is -2.15. The number of aliphatic hydroxyl groups is 1. The fourth-order valence-electron chi connectivity index (χ4n) is 1.28. The van der Waals surface area contributed by atoms with Crippen molar-refractivity contribution < 1.29 is 5.11 Å². The molecule has 1 atom stereocenters. The Morgan fingerprint density at radius 1 is 1.40 bits per heavy atom. The number of nitrogens with one attached hydrogen (secondary N) is 1. The minimum absolute atomic E-state index is 0.243. The highest BCUT2D eigenvalue weighted by molar-refractivity contribution is 7.12. The summed E-state index contributed by atoms with van der Waals surface area (Å²) in [7, 11) is 0. The number of thiophene rings is 1. The second-order valence-electron chi connectivity index (χ2n) is 5.00. The molecule has 0 aromatic carbocycles.